The van der Waals surface area contributed by atoms with E-state index in [0.29, 0.717) is 0 Å². The average molecular weight is 325 g/mol. The van der Waals surface area contributed by atoms with Gasteiger partial charge in [0.05, 0.1) is 5.60 Å². The molecule has 1 aromatic heterocycles. The number of hydrogen-bond acceptors (Lipinski definition) is 4. The predicted molar refractivity (Wildman–Crippen MR) is 95.5 cm³/mol. The molecule has 1 aliphatic rings. The molecule has 0 radical (unpaired) electrons. The molecule has 0 saturated carbocycles. The largest absolute Gasteiger partial charge is 0.376 e. The van der Waals surface area contributed by atoms with Gasteiger partial charge in [0, 0.05) is 24.6 Å². The number of hydrogen-bond donors (Lipinski definition) is 0. The van der Waals surface area contributed by atoms with Gasteiger partial charge in [-0.3, -0.25) is 4.90 Å². The summed E-state index contributed by atoms with van der Waals surface area (Å²) in [6.07, 6.45) is 3.63. The van der Waals surface area contributed by atoms with Gasteiger partial charge >= 0.3 is 0 Å². The Morgan fingerprint density at radius 1 is 1.32 bits per heavy atom. The van der Waals surface area contributed by atoms with Crippen molar-refractivity contribution in [2.75, 3.05) is 40.3 Å². The lowest BCUT2D eigenvalue weighted by molar-refractivity contribution is -0.0771. The molecule has 0 spiro atoms. The van der Waals surface area contributed by atoms with Gasteiger partial charge in [-0.15, -0.1) is 11.3 Å². The van der Waals surface area contributed by atoms with Crippen LogP contribution in [0.4, 0.5) is 0 Å². The monoisotopic (exact) mass is 324 g/mol. The second-order valence-corrected chi connectivity index (χ2v) is 8.47. The van der Waals surface area contributed by atoms with Gasteiger partial charge in [-0.25, -0.2) is 0 Å². The maximum atomic E-state index is 5.87. The zero-order chi connectivity index (χ0) is 16.0. The van der Waals surface area contributed by atoms with Crippen molar-refractivity contribution in [2.45, 2.75) is 45.3 Å². The molecule has 0 amide bonds. The van der Waals surface area contributed by atoms with Gasteiger partial charge in [-0.1, -0.05) is 6.07 Å². The Kier molecular flexibility index (Phi) is 6.87. The Hall–Kier alpha value is -0.420. The third kappa shape index (κ3) is 6.37. The first-order valence-electron chi connectivity index (χ1n) is 8.48. The number of nitrogens with zero attached hydrogens (tertiary/aromatic N) is 2. The van der Waals surface area contributed by atoms with Crippen LogP contribution in [0.15, 0.2) is 17.5 Å². The van der Waals surface area contributed by atoms with Crippen LogP contribution in [0.2, 0.25) is 0 Å². The van der Waals surface area contributed by atoms with Gasteiger partial charge in [0.1, 0.15) is 0 Å². The second kappa shape index (κ2) is 8.44. The van der Waals surface area contributed by atoms with E-state index in [1.807, 2.05) is 11.3 Å². The van der Waals surface area contributed by atoms with E-state index in [9.17, 15) is 0 Å². The van der Waals surface area contributed by atoms with Crippen LogP contribution in [0.1, 0.15) is 38.0 Å². The van der Waals surface area contributed by atoms with E-state index in [1.165, 1.54) is 43.8 Å². The van der Waals surface area contributed by atoms with E-state index < -0.39 is 0 Å². The SMILES string of the molecule is CN(C)CCCN(Cc1cccs1)CC1CCOC(C)(C)C1. The van der Waals surface area contributed by atoms with Crippen molar-refractivity contribution >= 4 is 11.3 Å². The van der Waals surface area contributed by atoms with Crippen LogP contribution in [0.3, 0.4) is 0 Å². The first-order chi connectivity index (χ1) is 10.4. The topological polar surface area (TPSA) is 15.7 Å². The number of rotatable bonds is 8. The first-order valence-corrected chi connectivity index (χ1v) is 9.36. The molecule has 1 fully saturated rings. The van der Waals surface area contributed by atoms with Crippen LogP contribution in [-0.4, -0.2) is 55.7 Å². The van der Waals surface area contributed by atoms with E-state index in [-0.39, 0.29) is 5.60 Å². The highest BCUT2D eigenvalue weighted by molar-refractivity contribution is 7.09. The third-order valence-corrected chi connectivity index (χ3v) is 5.22. The van der Waals surface area contributed by atoms with Gasteiger partial charge in [0.2, 0.25) is 0 Å². The van der Waals surface area contributed by atoms with Crippen LogP contribution in [-0.2, 0) is 11.3 Å². The van der Waals surface area contributed by atoms with Crippen LogP contribution in [0.25, 0.3) is 0 Å². The minimum atomic E-state index is 0.0567. The zero-order valence-electron chi connectivity index (χ0n) is 14.7. The summed E-state index contributed by atoms with van der Waals surface area (Å²) >= 11 is 1.88. The van der Waals surface area contributed by atoms with E-state index in [4.69, 9.17) is 4.74 Å². The maximum absolute atomic E-state index is 5.87. The Labute approximate surface area is 140 Å². The minimum Gasteiger partial charge on any atom is -0.376 e. The highest BCUT2D eigenvalue weighted by atomic mass is 32.1. The average Bonchev–Trinajstić information content (AvgIpc) is 2.89. The van der Waals surface area contributed by atoms with Crippen molar-refractivity contribution in [3.63, 3.8) is 0 Å². The lowest BCUT2D eigenvalue weighted by atomic mass is 9.88. The molecule has 1 saturated heterocycles. The summed E-state index contributed by atoms with van der Waals surface area (Å²) in [4.78, 5) is 6.42. The molecular formula is C18H32N2OS. The summed E-state index contributed by atoms with van der Waals surface area (Å²) < 4.78 is 5.87. The summed E-state index contributed by atoms with van der Waals surface area (Å²) in [5, 5.41) is 2.19. The van der Waals surface area contributed by atoms with E-state index in [1.54, 1.807) is 0 Å². The lowest BCUT2D eigenvalue weighted by Crippen LogP contribution is -2.40. The molecule has 1 aliphatic heterocycles. The highest BCUT2D eigenvalue weighted by Gasteiger charge is 2.29. The number of ether oxygens (including phenoxy) is 1. The fraction of sp³-hybridized carbons (Fsp3) is 0.778. The van der Waals surface area contributed by atoms with Gasteiger partial charge in [-0.2, -0.15) is 0 Å². The molecule has 0 aliphatic carbocycles. The molecule has 2 rings (SSSR count). The van der Waals surface area contributed by atoms with E-state index in [0.717, 1.165) is 19.1 Å². The number of thiophene rings is 1. The van der Waals surface area contributed by atoms with Crippen molar-refractivity contribution in [1.82, 2.24) is 9.80 Å². The fourth-order valence-corrected chi connectivity index (χ4v) is 4.09. The summed E-state index contributed by atoms with van der Waals surface area (Å²) in [5.41, 5.74) is 0.0567. The molecule has 0 bridgehead atoms. The lowest BCUT2D eigenvalue weighted by Gasteiger charge is -2.38. The first kappa shape index (κ1) is 17.9. The van der Waals surface area contributed by atoms with Crippen molar-refractivity contribution in [3.8, 4) is 0 Å². The van der Waals surface area contributed by atoms with Crippen LogP contribution in [0.5, 0.6) is 0 Å². The second-order valence-electron chi connectivity index (χ2n) is 7.44. The molecule has 0 aromatic carbocycles. The summed E-state index contributed by atoms with van der Waals surface area (Å²) in [7, 11) is 4.31. The standard InChI is InChI=1S/C18H32N2OS/c1-18(2)13-16(8-11-21-18)14-20(10-6-9-19(3)4)15-17-7-5-12-22-17/h5,7,12,16H,6,8-11,13-15H2,1-4H3. The van der Waals surface area contributed by atoms with Crippen LogP contribution in [0, 0.1) is 5.92 Å². The molecular weight excluding hydrogens is 292 g/mol. The maximum Gasteiger partial charge on any atom is 0.0629 e. The van der Waals surface area contributed by atoms with Crippen molar-refractivity contribution in [2.24, 2.45) is 5.92 Å². The van der Waals surface area contributed by atoms with Gasteiger partial charge < -0.3 is 9.64 Å². The Bertz CT molecular complexity index is 417. The molecule has 0 N–H and O–H groups in total. The third-order valence-electron chi connectivity index (χ3n) is 4.35. The molecule has 1 atom stereocenters. The van der Waals surface area contributed by atoms with Crippen molar-refractivity contribution in [3.05, 3.63) is 22.4 Å². The van der Waals surface area contributed by atoms with E-state index in [2.05, 4.69) is 55.3 Å². The summed E-state index contributed by atoms with van der Waals surface area (Å²) in [6.45, 7) is 10.0. The fourth-order valence-electron chi connectivity index (χ4n) is 3.35. The van der Waals surface area contributed by atoms with Gasteiger partial charge in [-0.05, 0) is 77.7 Å². The van der Waals surface area contributed by atoms with Crippen LogP contribution < -0.4 is 0 Å². The predicted octanol–water partition coefficient (Wildman–Crippen LogP) is 3.71. The van der Waals surface area contributed by atoms with Crippen LogP contribution >= 0.6 is 11.3 Å². The van der Waals surface area contributed by atoms with Crippen molar-refractivity contribution < 1.29 is 4.74 Å². The molecule has 22 heavy (non-hydrogen) atoms. The van der Waals surface area contributed by atoms with E-state index >= 15 is 0 Å². The zero-order valence-corrected chi connectivity index (χ0v) is 15.5. The Morgan fingerprint density at radius 2 is 2.14 bits per heavy atom. The smallest absolute Gasteiger partial charge is 0.0629 e. The molecule has 1 unspecified atom stereocenters. The summed E-state index contributed by atoms with van der Waals surface area (Å²) in [6, 6.07) is 4.42. The Balaban J connectivity index is 1.88. The Morgan fingerprint density at radius 3 is 2.77 bits per heavy atom. The van der Waals surface area contributed by atoms with Gasteiger partial charge in [0.25, 0.3) is 0 Å². The summed E-state index contributed by atoms with van der Waals surface area (Å²) in [5.74, 6) is 0.767. The normalized spacial score (nSPS) is 21.6. The molecule has 126 valence electrons. The highest BCUT2D eigenvalue weighted by Crippen LogP contribution is 2.29. The molecule has 2 heterocycles. The van der Waals surface area contributed by atoms with Crippen molar-refractivity contribution in [1.29, 1.82) is 0 Å². The molecule has 3 nitrogen and oxygen atoms in total. The molecule has 4 heteroatoms. The quantitative estimate of drug-likeness (QED) is 0.725. The van der Waals surface area contributed by atoms with Gasteiger partial charge in [0.15, 0.2) is 0 Å². The molecule has 1 aromatic rings. The minimum absolute atomic E-state index is 0.0567.